The minimum atomic E-state index is -0.0282. The molecule has 0 aromatic heterocycles. The Bertz CT molecular complexity index is 236. The van der Waals surface area contributed by atoms with Gasteiger partial charge in [-0.3, -0.25) is 4.79 Å². The van der Waals surface area contributed by atoms with Crippen LogP contribution in [0.2, 0.25) is 0 Å². The van der Waals surface area contributed by atoms with Gasteiger partial charge < -0.3 is 4.74 Å². The number of unbranched alkanes of at least 4 members (excludes halogenated alkanes) is 3. The van der Waals surface area contributed by atoms with Crippen LogP contribution in [0.15, 0.2) is 0 Å². The molecule has 100 valence electrons. The highest BCUT2D eigenvalue weighted by molar-refractivity contribution is 7.80. The highest BCUT2D eigenvalue weighted by atomic mass is 32.1. The molecule has 1 unspecified atom stereocenters. The van der Waals surface area contributed by atoms with Crippen LogP contribution in [0.25, 0.3) is 0 Å². The lowest BCUT2D eigenvalue weighted by atomic mass is 10.1. The van der Waals surface area contributed by atoms with Gasteiger partial charge in [0.2, 0.25) is 0 Å². The zero-order chi connectivity index (χ0) is 12.7. The molecule has 0 amide bonds. The molecule has 0 radical (unpaired) electrons. The number of ether oxygens (including phenoxy) is 1. The molecular formula is C14H26O2S. The average Bonchev–Trinajstić information content (AvgIpc) is 3.04. The summed E-state index contributed by atoms with van der Waals surface area (Å²) in [6.07, 6.45) is 8.86. The highest BCUT2D eigenvalue weighted by Crippen LogP contribution is 2.49. The van der Waals surface area contributed by atoms with E-state index in [1.165, 1.54) is 25.7 Å². The monoisotopic (exact) mass is 258 g/mol. The lowest BCUT2D eigenvalue weighted by molar-refractivity contribution is -0.149. The zero-order valence-corrected chi connectivity index (χ0v) is 12.1. The van der Waals surface area contributed by atoms with Gasteiger partial charge in [0.25, 0.3) is 0 Å². The fourth-order valence-electron chi connectivity index (χ4n) is 2.06. The zero-order valence-electron chi connectivity index (χ0n) is 11.2. The fraction of sp³-hybridized carbons (Fsp3) is 0.929. The Morgan fingerprint density at radius 2 is 2.06 bits per heavy atom. The van der Waals surface area contributed by atoms with Crippen molar-refractivity contribution in [2.75, 3.05) is 5.75 Å². The van der Waals surface area contributed by atoms with Crippen LogP contribution in [0.5, 0.6) is 0 Å². The van der Waals surface area contributed by atoms with Gasteiger partial charge in [0, 0.05) is 0 Å². The number of esters is 1. The standard InChI is InChI=1S/C14H26O2S/c1-3-4-5-6-7-12(2)16-13(15)10-14(11-17)8-9-14/h12,17H,3-11H2,1-2H3. The number of carbonyl (C=O) groups excluding carboxylic acids is 1. The molecule has 0 aliphatic heterocycles. The first-order chi connectivity index (χ1) is 8.12. The maximum atomic E-state index is 11.7. The summed E-state index contributed by atoms with van der Waals surface area (Å²) >= 11 is 4.30. The second-order valence-electron chi connectivity index (χ2n) is 5.48. The lowest BCUT2D eigenvalue weighted by Crippen LogP contribution is -2.19. The van der Waals surface area contributed by atoms with Crippen LogP contribution in [0.4, 0.5) is 0 Å². The van der Waals surface area contributed by atoms with Crippen molar-refractivity contribution < 1.29 is 9.53 Å². The Balaban J connectivity index is 2.09. The van der Waals surface area contributed by atoms with Crippen LogP contribution >= 0.6 is 12.6 Å². The molecule has 3 heteroatoms. The molecule has 1 aliphatic rings. The smallest absolute Gasteiger partial charge is 0.306 e. The van der Waals surface area contributed by atoms with E-state index in [2.05, 4.69) is 19.6 Å². The van der Waals surface area contributed by atoms with Crippen LogP contribution in [0.1, 0.15) is 65.2 Å². The summed E-state index contributed by atoms with van der Waals surface area (Å²) in [5.74, 6) is 0.784. The van der Waals surface area contributed by atoms with E-state index in [1.807, 2.05) is 6.92 Å². The quantitative estimate of drug-likeness (QED) is 0.384. The van der Waals surface area contributed by atoms with Crippen LogP contribution < -0.4 is 0 Å². The van der Waals surface area contributed by atoms with Crippen molar-refractivity contribution >= 4 is 18.6 Å². The minimum Gasteiger partial charge on any atom is -0.463 e. The first-order valence-electron chi connectivity index (χ1n) is 6.92. The number of carbonyl (C=O) groups is 1. The fourth-order valence-corrected chi connectivity index (χ4v) is 2.49. The Kier molecular flexibility index (Phi) is 6.39. The van der Waals surface area contributed by atoms with E-state index in [1.54, 1.807) is 0 Å². The molecule has 0 N–H and O–H groups in total. The molecule has 0 heterocycles. The van der Waals surface area contributed by atoms with E-state index in [0.717, 1.165) is 25.0 Å². The first kappa shape index (κ1) is 14.9. The van der Waals surface area contributed by atoms with Crippen LogP contribution in [-0.4, -0.2) is 17.8 Å². The predicted molar refractivity (Wildman–Crippen MR) is 74.5 cm³/mol. The van der Waals surface area contributed by atoms with Gasteiger partial charge in [-0.15, -0.1) is 0 Å². The molecule has 2 nitrogen and oxygen atoms in total. The van der Waals surface area contributed by atoms with E-state index in [0.29, 0.717) is 6.42 Å². The number of hydrogen-bond donors (Lipinski definition) is 1. The van der Waals surface area contributed by atoms with Gasteiger partial charge in [-0.25, -0.2) is 0 Å². The van der Waals surface area contributed by atoms with Crippen molar-refractivity contribution in [3.63, 3.8) is 0 Å². The van der Waals surface area contributed by atoms with Crippen molar-refractivity contribution in [2.45, 2.75) is 71.3 Å². The molecule has 0 aromatic rings. The number of rotatable bonds is 9. The Morgan fingerprint density at radius 3 is 2.59 bits per heavy atom. The summed E-state index contributed by atoms with van der Waals surface area (Å²) in [7, 11) is 0. The van der Waals surface area contributed by atoms with Gasteiger partial charge in [-0.05, 0) is 43.8 Å². The van der Waals surface area contributed by atoms with Gasteiger partial charge in [-0.1, -0.05) is 26.2 Å². The third-order valence-corrected chi connectivity index (χ3v) is 4.28. The lowest BCUT2D eigenvalue weighted by Gasteiger charge is -2.16. The van der Waals surface area contributed by atoms with Crippen LogP contribution in [-0.2, 0) is 9.53 Å². The summed E-state index contributed by atoms with van der Waals surface area (Å²) in [5, 5.41) is 0. The Labute approximate surface area is 111 Å². The molecule has 1 rings (SSSR count). The largest absolute Gasteiger partial charge is 0.463 e. The number of thiol groups is 1. The van der Waals surface area contributed by atoms with Crippen molar-refractivity contribution in [3.8, 4) is 0 Å². The maximum Gasteiger partial charge on any atom is 0.306 e. The summed E-state index contributed by atoms with van der Waals surface area (Å²) in [6.45, 7) is 4.21. The van der Waals surface area contributed by atoms with Crippen LogP contribution in [0.3, 0.4) is 0 Å². The van der Waals surface area contributed by atoms with Crippen LogP contribution in [0, 0.1) is 5.41 Å². The average molecular weight is 258 g/mol. The molecule has 17 heavy (non-hydrogen) atoms. The van der Waals surface area contributed by atoms with E-state index in [9.17, 15) is 4.79 Å². The van der Waals surface area contributed by atoms with Gasteiger partial charge in [0.05, 0.1) is 12.5 Å². The molecular weight excluding hydrogens is 232 g/mol. The Morgan fingerprint density at radius 1 is 1.35 bits per heavy atom. The van der Waals surface area contributed by atoms with E-state index < -0.39 is 0 Å². The molecule has 1 fully saturated rings. The first-order valence-corrected chi connectivity index (χ1v) is 7.55. The molecule has 0 bridgehead atoms. The Hall–Kier alpha value is -0.180. The molecule has 1 saturated carbocycles. The second-order valence-corrected chi connectivity index (χ2v) is 5.80. The molecule has 0 aromatic carbocycles. The molecule has 1 atom stereocenters. The van der Waals surface area contributed by atoms with Gasteiger partial charge in [0.15, 0.2) is 0 Å². The second kappa shape index (κ2) is 7.30. The van der Waals surface area contributed by atoms with Gasteiger partial charge >= 0.3 is 5.97 Å². The summed E-state index contributed by atoms with van der Waals surface area (Å²) < 4.78 is 5.44. The van der Waals surface area contributed by atoms with Crippen molar-refractivity contribution in [3.05, 3.63) is 0 Å². The van der Waals surface area contributed by atoms with Crippen molar-refractivity contribution in [1.82, 2.24) is 0 Å². The third-order valence-electron chi connectivity index (χ3n) is 3.61. The predicted octanol–water partition coefficient (Wildman–Crippen LogP) is 3.99. The SMILES string of the molecule is CCCCCCC(C)OC(=O)CC1(CS)CC1. The number of hydrogen-bond acceptors (Lipinski definition) is 3. The summed E-state index contributed by atoms with van der Waals surface area (Å²) in [4.78, 5) is 11.7. The van der Waals surface area contributed by atoms with Gasteiger partial charge in [0.1, 0.15) is 0 Å². The molecule has 0 spiro atoms. The third kappa shape index (κ3) is 5.80. The highest BCUT2D eigenvalue weighted by Gasteiger charge is 2.43. The van der Waals surface area contributed by atoms with E-state index in [-0.39, 0.29) is 17.5 Å². The summed E-state index contributed by atoms with van der Waals surface area (Å²) in [5.41, 5.74) is 0.183. The molecule has 0 saturated heterocycles. The van der Waals surface area contributed by atoms with Crippen molar-refractivity contribution in [2.24, 2.45) is 5.41 Å². The maximum absolute atomic E-state index is 11.7. The normalized spacial score (nSPS) is 18.8. The van der Waals surface area contributed by atoms with E-state index in [4.69, 9.17) is 4.74 Å². The topological polar surface area (TPSA) is 26.3 Å². The minimum absolute atomic E-state index is 0.0282. The molecule has 1 aliphatic carbocycles. The van der Waals surface area contributed by atoms with E-state index >= 15 is 0 Å². The summed E-state index contributed by atoms with van der Waals surface area (Å²) in [6, 6.07) is 0. The van der Waals surface area contributed by atoms with Crippen molar-refractivity contribution in [1.29, 1.82) is 0 Å². The van der Waals surface area contributed by atoms with Gasteiger partial charge in [-0.2, -0.15) is 12.6 Å².